The number of aromatic nitrogens is 4. The second-order valence-corrected chi connectivity index (χ2v) is 5.12. The molecule has 4 nitrogen and oxygen atoms in total. The first-order valence-corrected chi connectivity index (χ1v) is 6.45. The van der Waals surface area contributed by atoms with Crippen LogP contribution in [0.15, 0.2) is 24.3 Å². The minimum Gasteiger partial charge on any atom is -0.178 e. The topological polar surface area (TPSA) is 43.1 Å². The van der Waals surface area contributed by atoms with Crippen LogP contribution >= 0.6 is 11.3 Å². The highest BCUT2D eigenvalue weighted by molar-refractivity contribution is 7.19. The van der Waals surface area contributed by atoms with E-state index in [4.69, 9.17) is 0 Å². The molecule has 0 spiro atoms. The molecule has 3 aromatic rings. The van der Waals surface area contributed by atoms with Crippen molar-refractivity contribution >= 4 is 16.3 Å². The van der Waals surface area contributed by atoms with Crippen molar-refractivity contribution in [2.24, 2.45) is 0 Å². The lowest BCUT2D eigenvalue weighted by molar-refractivity contribution is -0.146. The molecule has 0 amide bonds. The van der Waals surface area contributed by atoms with Gasteiger partial charge in [0.1, 0.15) is 5.01 Å². The van der Waals surface area contributed by atoms with Gasteiger partial charge in [0, 0.05) is 5.56 Å². The molecule has 116 valence electrons. The second kappa shape index (κ2) is 4.66. The summed E-state index contributed by atoms with van der Waals surface area (Å²) >= 11 is 0.596. The Morgan fingerprint density at radius 2 is 1.59 bits per heavy atom. The summed E-state index contributed by atoms with van der Waals surface area (Å²) in [5.74, 6) is -1.38. The minimum absolute atomic E-state index is 0.219. The highest BCUT2D eigenvalue weighted by Crippen LogP contribution is 2.39. The Morgan fingerprint density at radius 3 is 2.23 bits per heavy atom. The van der Waals surface area contributed by atoms with E-state index in [1.54, 1.807) is 0 Å². The fourth-order valence-corrected chi connectivity index (χ4v) is 2.70. The van der Waals surface area contributed by atoms with Crippen molar-refractivity contribution < 1.29 is 26.3 Å². The van der Waals surface area contributed by atoms with Crippen LogP contribution in [0.5, 0.6) is 0 Å². The number of hydrogen-bond acceptors (Lipinski definition) is 4. The number of fused-ring (bicyclic) bond motifs is 1. The maximum atomic E-state index is 12.9. The average molecular weight is 338 g/mol. The molecule has 0 radical (unpaired) electrons. The lowest BCUT2D eigenvalue weighted by Gasteiger charge is -2.10. The molecule has 0 unspecified atom stereocenters. The van der Waals surface area contributed by atoms with Crippen LogP contribution in [0.25, 0.3) is 15.5 Å². The standard InChI is InChI=1S/C11H4F6N4S/c12-10(13,14)6-4-2-1-3-5(6)7-20-21-8(11(15,16)17)18-19-9(21)22-7/h1-4H. The number of nitrogens with zero attached hydrogens (tertiary/aromatic N) is 4. The largest absolute Gasteiger partial charge is 0.453 e. The van der Waals surface area contributed by atoms with Crippen molar-refractivity contribution in [3.05, 3.63) is 35.7 Å². The van der Waals surface area contributed by atoms with Crippen molar-refractivity contribution in [2.45, 2.75) is 12.4 Å². The zero-order chi connectivity index (χ0) is 16.1. The number of rotatable bonds is 1. The first-order valence-electron chi connectivity index (χ1n) is 5.64. The van der Waals surface area contributed by atoms with Gasteiger partial charge in [0.2, 0.25) is 4.96 Å². The average Bonchev–Trinajstić information content (AvgIpc) is 2.95. The summed E-state index contributed by atoms with van der Waals surface area (Å²) < 4.78 is 77.3. The summed E-state index contributed by atoms with van der Waals surface area (Å²) in [5.41, 5.74) is -1.29. The molecule has 22 heavy (non-hydrogen) atoms. The van der Waals surface area contributed by atoms with Crippen molar-refractivity contribution in [3.8, 4) is 10.6 Å². The Bertz CT molecular complexity index is 831. The molecule has 0 saturated carbocycles. The van der Waals surface area contributed by atoms with Gasteiger partial charge in [-0.15, -0.1) is 10.2 Å². The smallest absolute Gasteiger partial charge is 0.178 e. The Hall–Kier alpha value is -2.17. The molecule has 0 N–H and O–H groups in total. The summed E-state index contributed by atoms with van der Waals surface area (Å²) in [5, 5.41) is 9.59. The van der Waals surface area contributed by atoms with E-state index >= 15 is 0 Å². The second-order valence-electron chi connectivity index (χ2n) is 4.17. The highest BCUT2D eigenvalue weighted by atomic mass is 32.1. The first kappa shape index (κ1) is 14.8. The van der Waals surface area contributed by atoms with E-state index in [0.717, 1.165) is 12.1 Å². The number of halogens is 6. The zero-order valence-electron chi connectivity index (χ0n) is 10.3. The van der Waals surface area contributed by atoms with Crippen molar-refractivity contribution in [1.29, 1.82) is 0 Å². The summed E-state index contributed by atoms with van der Waals surface area (Å²) in [7, 11) is 0. The summed E-state index contributed by atoms with van der Waals surface area (Å²) in [6.45, 7) is 0. The van der Waals surface area contributed by atoms with Crippen LogP contribution in [0.3, 0.4) is 0 Å². The molecule has 0 saturated heterocycles. The fourth-order valence-electron chi connectivity index (χ4n) is 1.82. The molecular formula is C11H4F6N4S. The highest BCUT2D eigenvalue weighted by Gasteiger charge is 2.39. The van der Waals surface area contributed by atoms with Gasteiger partial charge < -0.3 is 0 Å². The van der Waals surface area contributed by atoms with Gasteiger partial charge in [0.25, 0.3) is 5.82 Å². The predicted molar refractivity (Wildman–Crippen MR) is 64.1 cm³/mol. The lowest BCUT2D eigenvalue weighted by atomic mass is 10.1. The van der Waals surface area contributed by atoms with E-state index in [1.165, 1.54) is 12.1 Å². The molecule has 0 aliphatic heterocycles. The number of benzene rings is 1. The van der Waals surface area contributed by atoms with Gasteiger partial charge in [0.05, 0.1) is 5.56 Å². The zero-order valence-corrected chi connectivity index (χ0v) is 11.1. The van der Waals surface area contributed by atoms with Crippen LogP contribution in [-0.4, -0.2) is 19.8 Å². The van der Waals surface area contributed by atoms with Crippen LogP contribution < -0.4 is 0 Å². The van der Waals surface area contributed by atoms with Gasteiger partial charge in [-0.25, -0.2) is 0 Å². The van der Waals surface area contributed by atoms with Crippen molar-refractivity contribution in [1.82, 2.24) is 19.8 Å². The molecule has 0 bridgehead atoms. The fraction of sp³-hybridized carbons (Fsp3) is 0.182. The van der Waals surface area contributed by atoms with Crippen LogP contribution in [-0.2, 0) is 12.4 Å². The van der Waals surface area contributed by atoms with E-state index in [9.17, 15) is 26.3 Å². The molecule has 2 heterocycles. The normalized spacial score (nSPS) is 13.0. The van der Waals surface area contributed by atoms with Crippen LogP contribution in [0, 0.1) is 0 Å². The van der Waals surface area contributed by atoms with E-state index in [2.05, 4.69) is 15.3 Å². The van der Waals surface area contributed by atoms with Gasteiger partial charge in [-0.1, -0.05) is 29.5 Å². The van der Waals surface area contributed by atoms with Crippen LogP contribution in [0.4, 0.5) is 26.3 Å². The molecule has 2 aromatic heterocycles. The molecule has 0 atom stereocenters. The Balaban J connectivity index is 2.19. The molecule has 0 fully saturated rings. The van der Waals surface area contributed by atoms with Gasteiger partial charge in [0.15, 0.2) is 0 Å². The summed E-state index contributed by atoms with van der Waals surface area (Å²) in [4.78, 5) is -0.237. The van der Waals surface area contributed by atoms with Crippen molar-refractivity contribution in [2.75, 3.05) is 0 Å². The van der Waals surface area contributed by atoms with E-state index in [0.29, 0.717) is 15.9 Å². The minimum atomic E-state index is -4.80. The third kappa shape index (κ3) is 2.40. The SMILES string of the molecule is FC(F)(F)c1ccccc1-c1nn2c(C(F)(F)F)nnc2s1. The Morgan fingerprint density at radius 1 is 0.909 bits per heavy atom. The van der Waals surface area contributed by atoms with Crippen molar-refractivity contribution in [3.63, 3.8) is 0 Å². The quantitative estimate of drug-likeness (QED) is 0.632. The molecule has 11 heteroatoms. The van der Waals surface area contributed by atoms with Gasteiger partial charge in [-0.3, -0.25) is 0 Å². The van der Waals surface area contributed by atoms with Gasteiger partial charge >= 0.3 is 12.4 Å². The van der Waals surface area contributed by atoms with Crippen LogP contribution in [0.2, 0.25) is 0 Å². The van der Waals surface area contributed by atoms with Crippen LogP contribution in [0.1, 0.15) is 11.4 Å². The summed E-state index contributed by atoms with van der Waals surface area (Å²) in [6.07, 6.45) is -9.44. The number of hydrogen-bond donors (Lipinski definition) is 0. The molecular weight excluding hydrogens is 334 g/mol. The molecule has 0 aliphatic rings. The monoisotopic (exact) mass is 338 g/mol. The maximum absolute atomic E-state index is 12.9. The maximum Gasteiger partial charge on any atom is 0.453 e. The molecule has 1 aromatic carbocycles. The first-order chi connectivity index (χ1) is 10.2. The Kier molecular flexibility index (Phi) is 3.13. The number of alkyl halides is 6. The summed E-state index contributed by atoms with van der Waals surface area (Å²) in [6, 6.07) is 4.51. The van der Waals surface area contributed by atoms with E-state index < -0.39 is 23.7 Å². The van der Waals surface area contributed by atoms with E-state index in [1.807, 2.05) is 0 Å². The molecule has 3 rings (SSSR count). The molecule has 0 aliphatic carbocycles. The van der Waals surface area contributed by atoms with Gasteiger partial charge in [-0.05, 0) is 6.07 Å². The lowest BCUT2D eigenvalue weighted by Crippen LogP contribution is -2.11. The third-order valence-corrected chi connectivity index (χ3v) is 3.64. The van der Waals surface area contributed by atoms with Gasteiger partial charge in [-0.2, -0.15) is 36.0 Å². The third-order valence-electron chi connectivity index (χ3n) is 2.71. The van der Waals surface area contributed by atoms with E-state index in [-0.39, 0.29) is 15.5 Å². The Labute approximate surface area is 122 Å². The predicted octanol–water partition coefficient (Wildman–Crippen LogP) is 3.89.